The van der Waals surface area contributed by atoms with Crippen LogP contribution in [0, 0.1) is 0 Å². The molecule has 1 spiro atoms. The predicted molar refractivity (Wildman–Crippen MR) is 101 cm³/mol. The molecule has 4 heterocycles. The summed E-state index contributed by atoms with van der Waals surface area (Å²) < 4.78 is 51.5. The molecule has 2 aromatic heterocycles. The molecule has 1 aliphatic carbocycles. The van der Waals surface area contributed by atoms with Crippen LogP contribution in [-0.2, 0) is 15.7 Å². The topological polar surface area (TPSA) is 120 Å². The first-order valence-corrected chi connectivity index (χ1v) is 9.66. The number of carbonyl (C=O) groups is 1. The minimum absolute atomic E-state index is 0.0608. The highest BCUT2D eigenvalue weighted by Crippen LogP contribution is 2.48. The Morgan fingerprint density at radius 2 is 1.87 bits per heavy atom. The number of aromatic nitrogens is 4. The van der Waals surface area contributed by atoms with Crippen molar-refractivity contribution in [2.45, 2.75) is 24.6 Å². The Balaban J connectivity index is 1.67. The van der Waals surface area contributed by atoms with E-state index in [4.69, 9.17) is 15.2 Å². The monoisotopic (exact) mass is 437 g/mol. The summed E-state index contributed by atoms with van der Waals surface area (Å²) in [6.45, 7) is 2.00. The Labute approximate surface area is 174 Å². The van der Waals surface area contributed by atoms with Gasteiger partial charge < -0.3 is 20.1 Å². The van der Waals surface area contributed by atoms with Gasteiger partial charge in [0.05, 0.1) is 24.4 Å². The van der Waals surface area contributed by atoms with E-state index in [2.05, 4.69) is 19.9 Å². The van der Waals surface area contributed by atoms with Crippen molar-refractivity contribution in [2.24, 2.45) is 0 Å². The minimum Gasteiger partial charge on any atom is -0.447 e. The molecule has 5 rings (SSSR count). The van der Waals surface area contributed by atoms with Gasteiger partial charge >= 0.3 is 12.3 Å². The molecule has 31 heavy (non-hydrogen) atoms. The van der Waals surface area contributed by atoms with Gasteiger partial charge in [-0.1, -0.05) is 0 Å². The number of morpholine rings is 1. The average molecular weight is 437 g/mol. The largest absolute Gasteiger partial charge is 0.447 e. The zero-order valence-corrected chi connectivity index (χ0v) is 16.2. The number of cyclic esters (lactones) is 1. The van der Waals surface area contributed by atoms with Crippen molar-refractivity contribution < 1.29 is 27.4 Å². The molecule has 0 bridgehead atoms. The van der Waals surface area contributed by atoms with Crippen LogP contribution in [0.3, 0.4) is 0 Å². The van der Waals surface area contributed by atoms with E-state index in [0.717, 1.165) is 19.0 Å². The van der Waals surface area contributed by atoms with Gasteiger partial charge in [0.2, 0.25) is 11.9 Å². The fraction of sp³-hybridized carbons (Fsp3) is 0.500. The van der Waals surface area contributed by atoms with E-state index in [0.29, 0.717) is 26.3 Å². The van der Waals surface area contributed by atoms with Crippen LogP contribution in [0.1, 0.15) is 18.5 Å². The van der Waals surface area contributed by atoms with Crippen LogP contribution >= 0.6 is 0 Å². The second-order valence-electron chi connectivity index (χ2n) is 7.61. The van der Waals surface area contributed by atoms with Gasteiger partial charge in [0.25, 0.3) is 0 Å². The summed E-state index contributed by atoms with van der Waals surface area (Å²) in [5.41, 5.74) is 3.27. The number of carbonyl (C=O) groups excluding carboxylic acids is 1. The molecule has 0 unspecified atom stereocenters. The smallest absolute Gasteiger partial charge is 0.434 e. The Bertz CT molecular complexity index is 1040. The molecule has 1 amide bonds. The zero-order chi connectivity index (χ0) is 21.8. The Morgan fingerprint density at radius 1 is 1.13 bits per heavy atom. The van der Waals surface area contributed by atoms with Crippen molar-refractivity contribution in [1.29, 1.82) is 0 Å². The third kappa shape index (κ3) is 3.48. The van der Waals surface area contributed by atoms with Gasteiger partial charge in [-0.3, -0.25) is 4.90 Å². The van der Waals surface area contributed by atoms with Crippen LogP contribution < -0.4 is 15.5 Å². The van der Waals surface area contributed by atoms with Crippen LogP contribution in [-0.4, -0.2) is 64.5 Å². The maximum Gasteiger partial charge on any atom is 0.434 e. The van der Waals surface area contributed by atoms with Crippen LogP contribution in [0.5, 0.6) is 0 Å². The molecule has 10 nitrogen and oxygen atoms in total. The summed E-state index contributed by atoms with van der Waals surface area (Å²) in [6.07, 6.45) is -2.93. The highest BCUT2D eigenvalue weighted by atomic mass is 19.4. The van der Waals surface area contributed by atoms with Crippen molar-refractivity contribution in [3.63, 3.8) is 0 Å². The number of ether oxygens (including phenoxy) is 2. The van der Waals surface area contributed by atoms with E-state index in [-0.39, 0.29) is 29.6 Å². The molecule has 0 radical (unpaired) electrons. The summed E-state index contributed by atoms with van der Waals surface area (Å²) in [7, 11) is 0. The van der Waals surface area contributed by atoms with Gasteiger partial charge in [-0.05, 0) is 12.8 Å². The number of hydrogen-bond acceptors (Lipinski definition) is 9. The van der Waals surface area contributed by atoms with E-state index in [1.54, 1.807) is 4.90 Å². The SMILES string of the molecule is Nc1ncc(-c2cc(N3C(=O)OCC34CC4)nc(N3CCOCC3)n2)c(C(F)(F)F)n1. The van der Waals surface area contributed by atoms with Crippen molar-refractivity contribution >= 4 is 23.8 Å². The Morgan fingerprint density at radius 3 is 2.55 bits per heavy atom. The van der Waals surface area contributed by atoms with E-state index in [1.807, 2.05) is 0 Å². The molecular formula is C18H18F3N7O3. The van der Waals surface area contributed by atoms with Gasteiger partial charge in [0.15, 0.2) is 5.69 Å². The van der Waals surface area contributed by atoms with E-state index < -0.39 is 29.5 Å². The molecule has 2 N–H and O–H groups in total. The fourth-order valence-electron chi connectivity index (χ4n) is 3.75. The van der Waals surface area contributed by atoms with Crippen molar-refractivity contribution in [3.8, 4) is 11.3 Å². The average Bonchev–Trinajstić information content (AvgIpc) is 3.44. The van der Waals surface area contributed by atoms with Crippen LogP contribution in [0.15, 0.2) is 12.3 Å². The quantitative estimate of drug-likeness (QED) is 0.767. The predicted octanol–water partition coefficient (Wildman–Crippen LogP) is 1.86. The zero-order valence-electron chi connectivity index (χ0n) is 16.2. The van der Waals surface area contributed by atoms with Crippen LogP contribution in [0.2, 0.25) is 0 Å². The first kappa shape index (κ1) is 19.7. The summed E-state index contributed by atoms with van der Waals surface area (Å²) >= 11 is 0. The Hall–Kier alpha value is -3.22. The number of alkyl halides is 3. The molecule has 2 saturated heterocycles. The van der Waals surface area contributed by atoms with Gasteiger partial charge in [-0.25, -0.2) is 19.7 Å². The van der Waals surface area contributed by atoms with Gasteiger partial charge in [0, 0.05) is 30.9 Å². The molecular weight excluding hydrogens is 419 g/mol. The van der Waals surface area contributed by atoms with E-state index in [1.165, 1.54) is 11.0 Å². The van der Waals surface area contributed by atoms with Gasteiger partial charge in [-0.15, -0.1) is 0 Å². The van der Waals surface area contributed by atoms with Gasteiger partial charge in [-0.2, -0.15) is 18.2 Å². The third-order valence-electron chi connectivity index (χ3n) is 5.52. The molecule has 2 aliphatic heterocycles. The second kappa shape index (κ2) is 6.90. The lowest BCUT2D eigenvalue weighted by molar-refractivity contribution is -0.140. The summed E-state index contributed by atoms with van der Waals surface area (Å²) in [6, 6.07) is 1.33. The van der Waals surface area contributed by atoms with E-state index >= 15 is 0 Å². The van der Waals surface area contributed by atoms with Crippen LogP contribution in [0.25, 0.3) is 11.3 Å². The van der Waals surface area contributed by atoms with Gasteiger partial charge in [0.1, 0.15) is 12.4 Å². The summed E-state index contributed by atoms with van der Waals surface area (Å²) in [5, 5.41) is 0. The summed E-state index contributed by atoms with van der Waals surface area (Å²) in [4.78, 5) is 31.6. The Kier molecular flexibility index (Phi) is 4.39. The highest BCUT2D eigenvalue weighted by Gasteiger charge is 2.58. The number of rotatable bonds is 3. The molecule has 0 atom stereocenters. The second-order valence-corrected chi connectivity index (χ2v) is 7.61. The minimum atomic E-state index is -4.78. The number of nitrogen functional groups attached to an aromatic ring is 1. The highest BCUT2D eigenvalue weighted by molar-refractivity contribution is 5.92. The van der Waals surface area contributed by atoms with Crippen molar-refractivity contribution in [2.75, 3.05) is 48.4 Å². The first-order chi connectivity index (χ1) is 14.8. The maximum atomic E-state index is 13.7. The lowest BCUT2D eigenvalue weighted by Crippen LogP contribution is -2.39. The number of anilines is 3. The summed E-state index contributed by atoms with van der Waals surface area (Å²) in [5.74, 6) is -0.133. The molecule has 2 aromatic rings. The molecule has 13 heteroatoms. The van der Waals surface area contributed by atoms with Crippen molar-refractivity contribution in [3.05, 3.63) is 18.0 Å². The van der Waals surface area contributed by atoms with Crippen LogP contribution in [0.4, 0.5) is 35.7 Å². The number of nitrogens with two attached hydrogens (primary N) is 1. The molecule has 1 saturated carbocycles. The lowest BCUT2D eigenvalue weighted by Gasteiger charge is -2.28. The molecule has 0 aromatic carbocycles. The number of nitrogens with zero attached hydrogens (tertiary/aromatic N) is 6. The number of halogens is 3. The molecule has 164 valence electrons. The number of amides is 1. The first-order valence-electron chi connectivity index (χ1n) is 9.66. The van der Waals surface area contributed by atoms with Crippen molar-refractivity contribution in [1.82, 2.24) is 19.9 Å². The van der Waals surface area contributed by atoms with E-state index in [9.17, 15) is 18.0 Å². The normalized spacial score (nSPS) is 20.3. The molecule has 3 aliphatic rings. The standard InChI is InChI=1S/C18H18F3N7O3/c19-18(20,21)13-10(8-23-14(22)26-13)11-7-12(28-16(29)31-9-17(28)1-2-17)25-15(24-11)27-3-5-30-6-4-27/h7-8H,1-6,9H2,(H2,22,23,26). The number of hydrogen-bond donors (Lipinski definition) is 1. The molecule has 3 fully saturated rings. The third-order valence-corrected chi connectivity index (χ3v) is 5.52. The lowest BCUT2D eigenvalue weighted by atomic mass is 10.1. The fourth-order valence-corrected chi connectivity index (χ4v) is 3.75. The maximum absolute atomic E-state index is 13.7.